The summed E-state index contributed by atoms with van der Waals surface area (Å²) in [4.78, 5) is 42.6. The smallest absolute Gasteiger partial charge is 0.306 e. The zero-order valence-electron chi connectivity index (χ0n) is 25.8. The minimum absolute atomic E-state index is 0.00713. The van der Waals surface area contributed by atoms with E-state index >= 15 is 0 Å². The average Bonchev–Trinajstić information content (AvgIpc) is 3.81. The Bertz CT molecular complexity index is 1590. The molecule has 1 aliphatic carbocycles. The number of furan rings is 1. The Kier molecular flexibility index (Phi) is 10.2. The van der Waals surface area contributed by atoms with Crippen molar-refractivity contribution < 1.29 is 33.4 Å². The summed E-state index contributed by atoms with van der Waals surface area (Å²) in [6, 6.07) is 10.5. The predicted molar refractivity (Wildman–Crippen MR) is 175 cm³/mol. The zero-order valence-corrected chi connectivity index (χ0v) is 27.3. The molecule has 2 aromatic carbocycles. The van der Waals surface area contributed by atoms with E-state index in [-0.39, 0.29) is 53.5 Å². The predicted octanol–water partition coefficient (Wildman–Crippen LogP) is 5.88. The molecule has 2 saturated heterocycles. The van der Waals surface area contributed by atoms with Crippen LogP contribution in [-0.2, 0) is 25.5 Å². The number of para-hydroxylation sites is 1. The number of methoxy groups -OCH3 is 1. The van der Waals surface area contributed by atoms with Gasteiger partial charge in [0.15, 0.2) is 0 Å². The summed E-state index contributed by atoms with van der Waals surface area (Å²) in [5, 5.41) is 13.4. The van der Waals surface area contributed by atoms with Gasteiger partial charge in [-0.05, 0) is 62.3 Å². The van der Waals surface area contributed by atoms with Gasteiger partial charge in [0, 0.05) is 43.2 Å². The van der Waals surface area contributed by atoms with Crippen LogP contribution >= 0.6 is 23.2 Å². The van der Waals surface area contributed by atoms with Gasteiger partial charge < -0.3 is 29.2 Å². The van der Waals surface area contributed by atoms with Crippen molar-refractivity contribution in [2.24, 2.45) is 5.92 Å². The van der Waals surface area contributed by atoms with Crippen molar-refractivity contribution in [3.05, 3.63) is 63.8 Å². The van der Waals surface area contributed by atoms with Crippen LogP contribution < -0.4 is 5.32 Å². The van der Waals surface area contributed by atoms with Crippen molar-refractivity contribution in [1.82, 2.24) is 9.80 Å². The summed E-state index contributed by atoms with van der Waals surface area (Å²) in [5.74, 6) is -1.51. The molecule has 2 N–H and O–H groups in total. The van der Waals surface area contributed by atoms with Crippen LogP contribution in [0.2, 0.25) is 10.0 Å². The molecule has 6 rings (SSSR count). The van der Waals surface area contributed by atoms with Crippen LogP contribution in [0.25, 0.3) is 11.0 Å². The lowest BCUT2D eigenvalue weighted by Gasteiger charge is -2.30. The normalized spacial score (nSPS) is 25.3. The lowest BCUT2D eigenvalue weighted by Crippen LogP contribution is -2.41. The fourth-order valence-corrected chi connectivity index (χ4v) is 7.51. The Balaban J connectivity index is 1.12. The van der Waals surface area contributed by atoms with Crippen LogP contribution in [0, 0.1) is 5.92 Å². The number of anilines is 1. The van der Waals surface area contributed by atoms with E-state index in [9.17, 15) is 19.5 Å². The number of carbonyl (C=O) groups is 3. The largest absolute Gasteiger partial charge is 0.481 e. The molecule has 3 aromatic rings. The maximum absolute atomic E-state index is 13.9. The van der Waals surface area contributed by atoms with Gasteiger partial charge in [0.25, 0.3) is 5.91 Å². The summed E-state index contributed by atoms with van der Waals surface area (Å²) in [5.41, 5.74) is 1.89. The maximum Gasteiger partial charge on any atom is 0.306 e. The van der Waals surface area contributed by atoms with Crippen LogP contribution in [-0.4, -0.2) is 90.3 Å². The second-order valence-electron chi connectivity index (χ2n) is 12.6. The number of nitrogens with zero attached hydrogens (tertiary/aromatic N) is 2. The molecule has 3 heterocycles. The van der Waals surface area contributed by atoms with Gasteiger partial charge >= 0.3 is 5.97 Å². The van der Waals surface area contributed by atoms with Gasteiger partial charge in [-0.25, -0.2) is 0 Å². The third-order valence-electron chi connectivity index (χ3n) is 9.74. The van der Waals surface area contributed by atoms with Gasteiger partial charge in [-0.15, -0.1) is 0 Å². The molecular weight excluding hydrogens is 633 g/mol. The van der Waals surface area contributed by atoms with Crippen molar-refractivity contribution in [2.45, 2.75) is 69.2 Å². The van der Waals surface area contributed by atoms with Crippen molar-refractivity contribution >= 4 is 57.6 Å². The van der Waals surface area contributed by atoms with Crippen LogP contribution in [0.1, 0.15) is 54.4 Å². The molecule has 2 amide bonds. The highest BCUT2D eigenvalue weighted by Gasteiger charge is 2.41. The molecule has 1 unspecified atom stereocenters. The van der Waals surface area contributed by atoms with E-state index in [4.69, 9.17) is 37.1 Å². The zero-order chi connectivity index (χ0) is 32.4. The lowest BCUT2D eigenvalue weighted by atomic mass is 9.87. The van der Waals surface area contributed by atoms with E-state index in [0.29, 0.717) is 71.6 Å². The van der Waals surface area contributed by atoms with E-state index in [2.05, 4.69) is 10.2 Å². The number of amides is 2. The number of hydrogen-bond acceptors (Lipinski definition) is 7. The molecule has 2 aliphatic heterocycles. The number of benzene rings is 2. The Morgan fingerprint density at radius 2 is 1.80 bits per heavy atom. The van der Waals surface area contributed by atoms with Gasteiger partial charge in [0.1, 0.15) is 11.8 Å². The Morgan fingerprint density at radius 3 is 2.54 bits per heavy atom. The summed E-state index contributed by atoms with van der Waals surface area (Å²) in [6.45, 7) is 2.72. The molecule has 46 heavy (non-hydrogen) atoms. The molecule has 3 atom stereocenters. The highest BCUT2D eigenvalue weighted by Crippen LogP contribution is 2.34. The van der Waals surface area contributed by atoms with E-state index < -0.39 is 5.97 Å². The average molecular weight is 673 g/mol. The summed E-state index contributed by atoms with van der Waals surface area (Å²) in [6.07, 6.45) is 6.01. The van der Waals surface area contributed by atoms with Crippen LogP contribution in [0.3, 0.4) is 0 Å². The van der Waals surface area contributed by atoms with E-state index in [0.717, 1.165) is 25.9 Å². The Labute approximate surface area is 277 Å². The first kappa shape index (κ1) is 32.8. The second-order valence-corrected chi connectivity index (χ2v) is 13.4. The van der Waals surface area contributed by atoms with Gasteiger partial charge in [0.2, 0.25) is 5.91 Å². The molecule has 1 aromatic heterocycles. The number of halogens is 2. The SMILES string of the molecule is CO[C@@H]1CCN(C2C[C@@H](COC3CCC(C(=O)O)CC3)N(C(=O)Cc3cc(Cl)c(NC(=O)c4coc5ccccc45)cc3Cl)C2)C1. The summed E-state index contributed by atoms with van der Waals surface area (Å²) < 4.78 is 17.4. The standard InChI is InChI=1S/C34H39Cl2N3O7/c1-44-25-10-11-38(17-25)22-14-23(18-45-24-8-6-20(7-9-24)34(42)43)39(16-22)32(40)13-21-12-29(36)30(15-28(21)35)37-33(41)27-19-46-31-5-3-2-4-26(27)31/h2-5,12,15,19-20,22-25H,6-11,13-14,16-18H2,1H3,(H,37,41)(H,42,43)/t20?,22?,23-,24?,25+/m0/s1. The minimum atomic E-state index is -0.741. The van der Waals surface area contributed by atoms with Gasteiger partial charge in [-0.3, -0.25) is 19.3 Å². The number of ether oxygens (including phenoxy) is 2. The first-order valence-electron chi connectivity index (χ1n) is 15.9. The topological polar surface area (TPSA) is 122 Å². The monoisotopic (exact) mass is 671 g/mol. The number of rotatable bonds is 10. The molecule has 0 radical (unpaired) electrons. The van der Waals surface area contributed by atoms with Gasteiger partial charge in [-0.2, -0.15) is 0 Å². The number of carbonyl (C=O) groups excluding carboxylic acids is 2. The van der Waals surface area contributed by atoms with Crippen molar-refractivity contribution in [2.75, 3.05) is 38.7 Å². The summed E-state index contributed by atoms with van der Waals surface area (Å²) in [7, 11) is 1.74. The number of carboxylic acid groups (broad SMARTS) is 1. The third kappa shape index (κ3) is 7.21. The molecule has 12 heteroatoms. The number of carboxylic acids is 1. The quantitative estimate of drug-likeness (QED) is 0.274. The van der Waals surface area contributed by atoms with E-state index in [1.807, 2.05) is 23.1 Å². The number of fused-ring (bicyclic) bond motifs is 1. The minimum Gasteiger partial charge on any atom is -0.481 e. The lowest BCUT2D eigenvalue weighted by molar-refractivity contribution is -0.144. The van der Waals surface area contributed by atoms with Crippen molar-refractivity contribution in [3.8, 4) is 0 Å². The van der Waals surface area contributed by atoms with E-state index in [1.165, 1.54) is 6.26 Å². The molecule has 0 spiro atoms. The van der Waals surface area contributed by atoms with Crippen molar-refractivity contribution in [1.29, 1.82) is 0 Å². The molecule has 3 aliphatic rings. The first-order chi connectivity index (χ1) is 22.2. The number of likely N-dealkylation sites (tertiary alicyclic amines) is 2. The third-order valence-corrected chi connectivity index (χ3v) is 10.4. The fraction of sp³-hybridized carbons (Fsp3) is 0.500. The fourth-order valence-electron chi connectivity index (χ4n) is 7.05. The number of hydrogen-bond donors (Lipinski definition) is 2. The van der Waals surface area contributed by atoms with Gasteiger partial charge in [-0.1, -0.05) is 41.4 Å². The number of aliphatic carboxylic acids is 1. The van der Waals surface area contributed by atoms with Gasteiger partial charge in [0.05, 0.1) is 53.5 Å². The van der Waals surface area contributed by atoms with Crippen LogP contribution in [0.5, 0.6) is 0 Å². The van der Waals surface area contributed by atoms with Crippen molar-refractivity contribution in [3.63, 3.8) is 0 Å². The Hall–Kier alpha value is -3.15. The molecule has 246 valence electrons. The van der Waals surface area contributed by atoms with Crippen LogP contribution in [0.15, 0.2) is 47.1 Å². The van der Waals surface area contributed by atoms with Crippen LogP contribution in [0.4, 0.5) is 5.69 Å². The molecule has 10 nitrogen and oxygen atoms in total. The summed E-state index contributed by atoms with van der Waals surface area (Å²) >= 11 is 13.3. The van der Waals surface area contributed by atoms with E-state index in [1.54, 1.807) is 25.3 Å². The molecule has 3 fully saturated rings. The second kappa shape index (κ2) is 14.3. The number of nitrogens with one attached hydrogen (secondary N) is 1. The highest BCUT2D eigenvalue weighted by molar-refractivity contribution is 6.36. The molecule has 0 bridgehead atoms. The first-order valence-corrected chi connectivity index (χ1v) is 16.6. The highest BCUT2D eigenvalue weighted by atomic mass is 35.5. The Morgan fingerprint density at radius 1 is 1.02 bits per heavy atom. The molecular formula is C34H39Cl2N3O7. The maximum atomic E-state index is 13.9. The molecule has 1 saturated carbocycles.